The number of imidazole rings is 1. The first-order valence-electron chi connectivity index (χ1n) is 9.86. The first kappa shape index (κ1) is 20.4. The number of hydrogen-bond donors (Lipinski definition) is 2. The summed E-state index contributed by atoms with van der Waals surface area (Å²) < 4.78 is 3.39. The van der Waals surface area contributed by atoms with Crippen LogP contribution in [0.1, 0.15) is 33.3 Å². The zero-order valence-electron chi connectivity index (χ0n) is 17.8. The molecule has 0 unspecified atom stereocenters. The van der Waals surface area contributed by atoms with E-state index < -0.39 is 5.60 Å². The molecular weight excluding hydrogens is 394 g/mol. The second-order valence-electron chi connectivity index (χ2n) is 8.29. The number of anilines is 1. The summed E-state index contributed by atoms with van der Waals surface area (Å²) in [6.07, 6.45) is 6.68. The van der Waals surface area contributed by atoms with Gasteiger partial charge in [-0.1, -0.05) is 5.21 Å². The van der Waals surface area contributed by atoms with Crippen LogP contribution in [0.25, 0.3) is 28.2 Å². The van der Waals surface area contributed by atoms with Crippen LogP contribution in [-0.2, 0) is 6.54 Å². The lowest BCUT2D eigenvalue weighted by molar-refractivity contribution is 0.0571. The van der Waals surface area contributed by atoms with Crippen molar-refractivity contribution in [3.8, 4) is 23.1 Å². The van der Waals surface area contributed by atoms with Gasteiger partial charge in [-0.2, -0.15) is 5.26 Å². The molecule has 10 heteroatoms. The van der Waals surface area contributed by atoms with Crippen LogP contribution in [0.5, 0.6) is 0 Å². The van der Waals surface area contributed by atoms with Crippen molar-refractivity contribution in [2.24, 2.45) is 0 Å². The Balaban J connectivity index is 1.76. The molecule has 0 aliphatic carbocycles. The molecule has 2 N–H and O–H groups in total. The van der Waals surface area contributed by atoms with Gasteiger partial charge in [0.25, 0.3) is 0 Å². The van der Waals surface area contributed by atoms with Gasteiger partial charge in [0.05, 0.1) is 23.9 Å². The van der Waals surface area contributed by atoms with Gasteiger partial charge in [0.15, 0.2) is 5.65 Å². The molecular formula is C21H23N9O. The molecule has 0 saturated carbocycles. The van der Waals surface area contributed by atoms with E-state index in [-0.39, 0.29) is 6.04 Å². The number of rotatable bonds is 6. The second-order valence-corrected chi connectivity index (χ2v) is 8.29. The Kier molecular flexibility index (Phi) is 5.12. The number of nitrogens with one attached hydrogen (secondary N) is 1. The Labute approximate surface area is 179 Å². The number of nitrogens with zero attached hydrogens (tertiary/aromatic N) is 8. The van der Waals surface area contributed by atoms with E-state index >= 15 is 0 Å². The van der Waals surface area contributed by atoms with Crippen LogP contribution >= 0.6 is 0 Å². The summed E-state index contributed by atoms with van der Waals surface area (Å²) >= 11 is 0. The van der Waals surface area contributed by atoms with E-state index in [2.05, 4.69) is 36.7 Å². The van der Waals surface area contributed by atoms with Crippen molar-refractivity contribution in [3.63, 3.8) is 0 Å². The van der Waals surface area contributed by atoms with E-state index in [4.69, 9.17) is 5.26 Å². The van der Waals surface area contributed by atoms with E-state index in [1.807, 2.05) is 19.9 Å². The Morgan fingerprint density at radius 2 is 2.00 bits per heavy atom. The zero-order valence-corrected chi connectivity index (χ0v) is 17.8. The quantitative estimate of drug-likeness (QED) is 0.489. The van der Waals surface area contributed by atoms with Gasteiger partial charge in [0.2, 0.25) is 0 Å². The summed E-state index contributed by atoms with van der Waals surface area (Å²) in [5.41, 5.74) is 3.08. The Morgan fingerprint density at radius 1 is 1.19 bits per heavy atom. The number of nitriles is 1. The molecule has 4 aromatic heterocycles. The van der Waals surface area contributed by atoms with Crippen LogP contribution < -0.4 is 5.32 Å². The lowest BCUT2D eigenvalue weighted by Gasteiger charge is -2.16. The lowest BCUT2D eigenvalue weighted by Crippen LogP contribution is -2.26. The molecule has 0 spiro atoms. The fourth-order valence-corrected chi connectivity index (χ4v) is 3.24. The molecule has 0 aliphatic heterocycles. The second kappa shape index (κ2) is 7.77. The highest BCUT2D eigenvalue weighted by molar-refractivity contribution is 5.78. The van der Waals surface area contributed by atoms with Gasteiger partial charge in [-0.25, -0.2) is 19.6 Å². The normalized spacial score (nSPS) is 11.8. The monoisotopic (exact) mass is 417 g/mol. The van der Waals surface area contributed by atoms with Crippen molar-refractivity contribution in [2.45, 2.75) is 45.9 Å². The molecule has 0 fully saturated rings. The number of fused-ring (bicyclic) bond motifs is 1. The van der Waals surface area contributed by atoms with Gasteiger partial charge in [-0.15, -0.1) is 5.10 Å². The summed E-state index contributed by atoms with van der Waals surface area (Å²) in [4.78, 5) is 13.3. The molecule has 0 amide bonds. The molecule has 4 heterocycles. The summed E-state index contributed by atoms with van der Waals surface area (Å²) in [6.45, 7) is 7.87. The molecule has 10 nitrogen and oxygen atoms in total. The van der Waals surface area contributed by atoms with Gasteiger partial charge in [-0.3, -0.25) is 4.57 Å². The van der Waals surface area contributed by atoms with Crippen LogP contribution in [0.2, 0.25) is 0 Å². The smallest absolute Gasteiger partial charge is 0.165 e. The maximum atomic E-state index is 10.0. The topological polar surface area (TPSA) is 130 Å². The first-order valence-corrected chi connectivity index (χ1v) is 9.86. The minimum absolute atomic E-state index is 0.177. The SMILES string of the molecule is CC(C)Nc1cc(-n2cnc3cc(C#N)cnc32)ncc1-c1cn(CC(C)(C)O)nn1. The highest BCUT2D eigenvalue weighted by Gasteiger charge is 2.18. The molecule has 0 bridgehead atoms. The molecule has 158 valence electrons. The molecule has 4 aromatic rings. The molecule has 31 heavy (non-hydrogen) atoms. The van der Waals surface area contributed by atoms with Crippen LogP contribution in [0.4, 0.5) is 5.69 Å². The number of hydrogen-bond acceptors (Lipinski definition) is 8. The van der Waals surface area contributed by atoms with Gasteiger partial charge in [0.1, 0.15) is 29.4 Å². The van der Waals surface area contributed by atoms with Gasteiger partial charge in [0, 0.05) is 35.8 Å². The number of pyridine rings is 2. The minimum atomic E-state index is -0.896. The summed E-state index contributed by atoms with van der Waals surface area (Å²) in [7, 11) is 0. The number of aromatic nitrogens is 7. The molecule has 0 atom stereocenters. The van der Waals surface area contributed by atoms with Crippen LogP contribution in [0.3, 0.4) is 0 Å². The largest absolute Gasteiger partial charge is 0.389 e. The Bertz CT molecular complexity index is 1270. The highest BCUT2D eigenvalue weighted by Crippen LogP contribution is 2.29. The van der Waals surface area contributed by atoms with Crippen molar-refractivity contribution in [1.82, 2.24) is 34.5 Å². The summed E-state index contributed by atoms with van der Waals surface area (Å²) in [5, 5.41) is 30.9. The molecule has 4 rings (SSSR count). The highest BCUT2D eigenvalue weighted by atomic mass is 16.3. The Hall–Kier alpha value is -3.84. The third-order valence-corrected chi connectivity index (χ3v) is 4.46. The fourth-order valence-electron chi connectivity index (χ4n) is 3.24. The van der Waals surface area contributed by atoms with E-state index in [1.54, 1.807) is 47.9 Å². The van der Waals surface area contributed by atoms with E-state index in [0.717, 1.165) is 11.3 Å². The van der Waals surface area contributed by atoms with Crippen molar-refractivity contribution >= 4 is 16.9 Å². The minimum Gasteiger partial charge on any atom is -0.389 e. The average Bonchev–Trinajstić information content (AvgIpc) is 3.32. The Morgan fingerprint density at radius 3 is 2.71 bits per heavy atom. The lowest BCUT2D eigenvalue weighted by atomic mass is 10.1. The maximum absolute atomic E-state index is 10.0. The molecule has 0 aliphatic rings. The molecule has 0 saturated heterocycles. The third kappa shape index (κ3) is 4.36. The zero-order chi connectivity index (χ0) is 22.2. The summed E-state index contributed by atoms with van der Waals surface area (Å²) in [6, 6.07) is 5.85. The summed E-state index contributed by atoms with van der Waals surface area (Å²) in [5.74, 6) is 0.635. The van der Waals surface area contributed by atoms with Crippen molar-refractivity contribution in [2.75, 3.05) is 5.32 Å². The maximum Gasteiger partial charge on any atom is 0.165 e. The predicted octanol–water partition coefficient (Wildman–Crippen LogP) is 2.54. The predicted molar refractivity (Wildman–Crippen MR) is 115 cm³/mol. The van der Waals surface area contributed by atoms with Gasteiger partial charge >= 0.3 is 0 Å². The standard InChI is InChI=1S/C21H23N9O/c1-13(2)26-16-6-19(30-12-25-17-5-14(7-22)8-24-20(17)30)23-9-15(16)18-10-29(28-27-18)11-21(3,4)31/h5-6,8-10,12-13,31H,11H2,1-4H3,(H,23,26). The van der Waals surface area contributed by atoms with Crippen LogP contribution in [0, 0.1) is 11.3 Å². The first-order chi connectivity index (χ1) is 14.7. The van der Waals surface area contributed by atoms with Crippen LogP contribution in [-0.4, -0.2) is 51.3 Å². The van der Waals surface area contributed by atoms with E-state index in [9.17, 15) is 5.11 Å². The van der Waals surface area contributed by atoms with Crippen molar-refractivity contribution in [3.05, 3.63) is 42.6 Å². The van der Waals surface area contributed by atoms with Gasteiger partial charge in [-0.05, 0) is 33.8 Å². The van der Waals surface area contributed by atoms with Crippen molar-refractivity contribution < 1.29 is 5.11 Å². The van der Waals surface area contributed by atoms with Crippen molar-refractivity contribution in [1.29, 1.82) is 5.26 Å². The van der Waals surface area contributed by atoms with Crippen LogP contribution in [0.15, 0.2) is 37.1 Å². The fraction of sp³-hybridized carbons (Fsp3) is 0.333. The molecule has 0 aromatic carbocycles. The van der Waals surface area contributed by atoms with E-state index in [0.29, 0.717) is 34.8 Å². The number of aliphatic hydroxyl groups is 1. The average molecular weight is 417 g/mol. The third-order valence-electron chi connectivity index (χ3n) is 4.46. The van der Waals surface area contributed by atoms with E-state index in [1.165, 1.54) is 6.20 Å². The molecule has 0 radical (unpaired) electrons. The van der Waals surface area contributed by atoms with Gasteiger partial charge < -0.3 is 10.4 Å².